The third-order valence-electron chi connectivity index (χ3n) is 4.92. The molecule has 0 saturated heterocycles. The number of nitrogens with zero attached hydrogens (tertiary/aromatic N) is 1. The van der Waals surface area contributed by atoms with E-state index in [1.807, 2.05) is 0 Å². The second-order valence-electron chi connectivity index (χ2n) is 7.18. The Kier molecular flexibility index (Phi) is 7.12. The summed E-state index contributed by atoms with van der Waals surface area (Å²) in [5, 5.41) is 5.03. The zero-order chi connectivity index (χ0) is 23.3. The summed E-state index contributed by atoms with van der Waals surface area (Å²) in [7, 11) is 0. The van der Waals surface area contributed by atoms with Crippen LogP contribution in [-0.4, -0.2) is 43.1 Å². The van der Waals surface area contributed by atoms with Gasteiger partial charge < -0.3 is 25.0 Å². The van der Waals surface area contributed by atoms with Crippen molar-refractivity contribution in [1.82, 2.24) is 10.2 Å². The maximum absolute atomic E-state index is 13.1. The number of para-hydroxylation sites is 1. The summed E-state index contributed by atoms with van der Waals surface area (Å²) in [6.07, 6.45) is -4.61. The molecular formula is C22H24F3N3O4. The van der Waals surface area contributed by atoms with Crippen LogP contribution in [0.2, 0.25) is 0 Å². The van der Waals surface area contributed by atoms with Gasteiger partial charge in [0.25, 0.3) is 0 Å². The lowest BCUT2D eigenvalue weighted by atomic mass is 10.1. The molecule has 32 heavy (non-hydrogen) atoms. The summed E-state index contributed by atoms with van der Waals surface area (Å²) >= 11 is 0. The van der Waals surface area contributed by atoms with Crippen molar-refractivity contribution in [1.29, 1.82) is 0 Å². The molecule has 7 nitrogen and oxygen atoms in total. The Labute approximate surface area is 183 Å². The van der Waals surface area contributed by atoms with Gasteiger partial charge in [0.05, 0.1) is 17.3 Å². The van der Waals surface area contributed by atoms with Crippen LogP contribution in [0.25, 0.3) is 0 Å². The van der Waals surface area contributed by atoms with Crippen molar-refractivity contribution in [2.75, 3.05) is 31.6 Å². The number of hydrogen-bond acceptors (Lipinski definition) is 4. The molecule has 2 aromatic carbocycles. The van der Waals surface area contributed by atoms with Crippen LogP contribution in [0.5, 0.6) is 11.5 Å². The van der Waals surface area contributed by atoms with E-state index in [4.69, 9.17) is 9.47 Å². The molecule has 2 N–H and O–H groups in total. The highest BCUT2D eigenvalue weighted by Crippen LogP contribution is 2.35. The van der Waals surface area contributed by atoms with Crippen molar-refractivity contribution in [2.45, 2.75) is 26.1 Å². The first-order chi connectivity index (χ1) is 15.2. The Bertz CT molecular complexity index is 981. The van der Waals surface area contributed by atoms with Crippen LogP contribution in [0, 0.1) is 0 Å². The number of halogens is 3. The minimum atomic E-state index is -4.61. The van der Waals surface area contributed by atoms with E-state index in [0.717, 1.165) is 11.6 Å². The van der Waals surface area contributed by atoms with E-state index < -0.39 is 36.3 Å². The van der Waals surface area contributed by atoms with Crippen LogP contribution in [0.4, 0.5) is 23.7 Å². The van der Waals surface area contributed by atoms with Gasteiger partial charge in [-0.25, -0.2) is 4.79 Å². The molecule has 0 aliphatic carbocycles. The molecule has 1 atom stereocenters. The Balaban J connectivity index is 1.62. The normalized spacial score (nSPS) is 13.8. The zero-order valence-electron chi connectivity index (χ0n) is 17.7. The fraction of sp³-hybridized carbons (Fsp3) is 0.364. The molecular weight excluding hydrogens is 427 g/mol. The van der Waals surface area contributed by atoms with E-state index in [9.17, 15) is 22.8 Å². The molecule has 1 aliphatic rings. The quantitative estimate of drug-likeness (QED) is 0.690. The topological polar surface area (TPSA) is 79.9 Å². The highest BCUT2D eigenvalue weighted by atomic mass is 19.4. The van der Waals surface area contributed by atoms with Gasteiger partial charge in [-0.05, 0) is 43.7 Å². The Hall–Kier alpha value is -3.43. The van der Waals surface area contributed by atoms with Gasteiger partial charge in [0, 0.05) is 6.54 Å². The number of fused-ring (bicyclic) bond motifs is 1. The van der Waals surface area contributed by atoms with Crippen LogP contribution in [-0.2, 0) is 11.0 Å². The zero-order valence-corrected chi connectivity index (χ0v) is 17.7. The van der Waals surface area contributed by atoms with E-state index in [2.05, 4.69) is 10.6 Å². The molecule has 172 valence electrons. The molecule has 0 radical (unpaired) electrons. The van der Waals surface area contributed by atoms with Crippen LogP contribution in [0.3, 0.4) is 0 Å². The van der Waals surface area contributed by atoms with Gasteiger partial charge in [-0.15, -0.1) is 0 Å². The molecule has 2 aromatic rings. The number of ether oxygens (including phenoxy) is 2. The van der Waals surface area contributed by atoms with Gasteiger partial charge in [-0.3, -0.25) is 4.79 Å². The molecule has 0 aromatic heterocycles. The number of hydrogen-bond donors (Lipinski definition) is 2. The number of rotatable bonds is 6. The van der Waals surface area contributed by atoms with Crippen molar-refractivity contribution >= 4 is 17.6 Å². The second kappa shape index (κ2) is 9.80. The lowest BCUT2D eigenvalue weighted by Crippen LogP contribution is -2.44. The van der Waals surface area contributed by atoms with E-state index in [-0.39, 0.29) is 12.2 Å². The number of carbonyl (C=O) groups is 2. The summed E-state index contributed by atoms with van der Waals surface area (Å²) in [6, 6.07) is 9.10. The number of likely N-dealkylation sites (N-methyl/N-ethyl adjacent to an activating group) is 1. The molecule has 0 bridgehead atoms. The Morgan fingerprint density at radius 1 is 1.09 bits per heavy atom. The summed E-state index contributed by atoms with van der Waals surface area (Å²) in [4.78, 5) is 26.2. The van der Waals surface area contributed by atoms with E-state index >= 15 is 0 Å². The van der Waals surface area contributed by atoms with Gasteiger partial charge in [0.2, 0.25) is 5.91 Å². The predicted molar refractivity (Wildman–Crippen MR) is 112 cm³/mol. The molecule has 3 rings (SSSR count). The average Bonchev–Trinajstić information content (AvgIpc) is 2.76. The molecule has 0 saturated carbocycles. The summed E-state index contributed by atoms with van der Waals surface area (Å²) in [6.45, 7) is 4.14. The average molecular weight is 451 g/mol. The Morgan fingerprint density at radius 2 is 1.78 bits per heavy atom. The number of benzene rings is 2. The standard InChI is InChI=1S/C22H24F3N3O4/c1-3-28(13-20(29)27-17-7-5-4-6-16(17)22(23,24)25)21(30)26-14(2)15-8-9-18-19(12-15)32-11-10-31-18/h4-9,12,14H,3,10-11,13H2,1-2H3,(H,26,30)(H,27,29)/t14-/m0/s1. The van der Waals surface area contributed by atoms with Crippen LogP contribution >= 0.6 is 0 Å². The van der Waals surface area contributed by atoms with Gasteiger partial charge in [0.1, 0.15) is 19.8 Å². The van der Waals surface area contributed by atoms with E-state index in [1.54, 1.807) is 32.0 Å². The van der Waals surface area contributed by atoms with Gasteiger partial charge in [-0.1, -0.05) is 18.2 Å². The summed E-state index contributed by atoms with van der Waals surface area (Å²) in [5.74, 6) is 0.486. The van der Waals surface area contributed by atoms with Crippen molar-refractivity contribution in [2.24, 2.45) is 0 Å². The molecule has 0 fully saturated rings. The first-order valence-corrected chi connectivity index (χ1v) is 10.1. The fourth-order valence-electron chi connectivity index (χ4n) is 3.22. The van der Waals surface area contributed by atoms with E-state index in [0.29, 0.717) is 24.7 Å². The third kappa shape index (κ3) is 5.63. The minimum absolute atomic E-state index is 0.189. The number of alkyl halides is 3. The lowest BCUT2D eigenvalue weighted by Gasteiger charge is -2.25. The van der Waals surface area contributed by atoms with Gasteiger partial charge >= 0.3 is 12.2 Å². The molecule has 1 aliphatic heterocycles. The SMILES string of the molecule is CCN(CC(=O)Nc1ccccc1C(F)(F)F)C(=O)N[C@@H](C)c1ccc2c(c1)OCCO2. The smallest absolute Gasteiger partial charge is 0.418 e. The monoisotopic (exact) mass is 451 g/mol. The Morgan fingerprint density at radius 3 is 2.47 bits per heavy atom. The number of carbonyl (C=O) groups excluding carboxylic acids is 2. The van der Waals surface area contributed by atoms with Crippen LogP contribution in [0.15, 0.2) is 42.5 Å². The van der Waals surface area contributed by atoms with Crippen molar-refractivity contribution < 1.29 is 32.2 Å². The number of nitrogens with one attached hydrogen (secondary N) is 2. The van der Waals surface area contributed by atoms with Gasteiger partial charge in [-0.2, -0.15) is 13.2 Å². The lowest BCUT2D eigenvalue weighted by molar-refractivity contribution is -0.137. The summed E-state index contributed by atoms with van der Waals surface area (Å²) in [5.41, 5.74) is -0.526. The molecule has 10 heteroatoms. The number of anilines is 1. The molecule has 0 spiro atoms. The molecule has 1 heterocycles. The predicted octanol–water partition coefficient (Wildman–Crippen LogP) is 4.21. The highest BCUT2D eigenvalue weighted by Gasteiger charge is 2.33. The molecule has 0 unspecified atom stereocenters. The van der Waals surface area contributed by atoms with Crippen molar-refractivity contribution in [3.05, 3.63) is 53.6 Å². The van der Waals surface area contributed by atoms with Crippen molar-refractivity contribution in [3.8, 4) is 11.5 Å². The van der Waals surface area contributed by atoms with Gasteiger partial charge in [0.15, 0.2) is 11.5 Å². The maximum Gasteiger partial charge on any atom is 0.418 e. The van der Waals surface area contributed by atoms with E-state index in [1.165, 1.54) is 23.1 Å². The van der Waals surface area contributed by atoms with Crippen LogP contribution in [0.1, 0.15) is 31.0 Å². The summed E-state index contributed by atoms with van der Waals surface area (Å²) < 4.78 is 50.4. The highest BCUT2D eigenvalue weighted by molar-refractivity contribution is 5.95. The first-order valence-electron chi connectivity index (χ1n) is 10.1. The third-order valence-corrected chi connectivity index (χ3v) is 4.92. The fourth-order valence-corrected chi connectivity index (χ4v) is 3.22. The molecule has 3 amide bonds. The first kappa shape index (κ1) is 23.2. The van der Waals surface area contributed by atoms with Crippen molar-refractivity contribution in [3.63, 3.8) is 0 Å². The number of urea groups is 1. The maximum atomic E-state index is 13.1. The largest absolute Gasteiger partial charge is 0.486 e. The second-order valence-corrected chi connectivity index (χ2v) is 7.18. The number of amides is 3. The van der Waals surface area contributed by atoms with Crippen LogP contribution < -0.4 is 20.1 Å². The minimum Gasteiger partial charge on any atom is -0.486 e.